The van der Waals surface area contributed by atoms with E-state index in [4.69, 9.17) is 14.2 Å². The Balaban J connectivity index is 2.09. The van der Waals surface area contributed by atoms with Crippen LogP contribution in [0, 0.1) is 34.8 Å². The second-order valence-electron chi connectivity index (χ2n) is 14.3. The first-order valence-electron chi connectivity index (χ1n) is 15.2. The summed E-state index contributed by atoms with van der Waals surface area (Å²) in [5.41, 5.74) is -1.92. The quantitative estimate of drug-likeness (QED) is 0.107. The lowest BCUT2D eigenvalue weighted by Gasteiger charge is -2.37. The smallest absolute Gasteiger partial charge is 0.342 e. The summed E-state index contributed by atoms with van der Waals surface area (Å²) in [4.78, 5) is 40.1. The predicted molar refractivity (Wildman–Crippen MR) is 175 cm³/mol. The van der Waals surface area contributed by atoms with Crippen LogP contribution < -0.4 is 0 Å². The van der Waals surface area contributed by atoms with Gasteiger partial charge in [0.2, 0.25) is 10.0 Å². The maximum atomic E-state index is 14.9. The Labute approximate surface area is 276 Å². The number of aryl methyl sites for hydroxylation is 2. The summed E-state index contributed by atoms with van der Waals surface area (Å²) >= 11 is 0. The van der Waals surface area contributed by atoms with Gasteiger partial charge in [0.1, 0.15) is 6.10 Å². The number of esters is 2. The molecule has 252 valence electrons. The molecule has 0 aromatic heterocycles. The highest BCUT2D eigenvalue weighted by Crippen LogP contribution is 2.53. The van der Waals surface area contributed by atoms with Crippen molar-refractivity contribution >= 4 is 27.6 Å². The predicted octanol–water partition coefficient (Wildman–Crippen LogP) is 6.59. The average Bonchev–Trinajstić information content (AvgIpc) is 3.36. The second kappa shape index (κ2) is 13.2. The molecule has 0 spiro atoms. The van der Waals surface area contributed by atoms with Gasteiger partial charge in [-0.15, -0.1) is 4.31 Å². The van der Waals surface area contributed by atoms with Crippen LogP contribution in [0.15, 0.2) is 77.7 Å². The van der Waals surface area contributed by atoms with Gasteiger partial charge in [0.25, 0.3) is 11.2 Å². The fourth-order valence-corrected chi connectivity index (χ4v) is 6.77. The molecular formula is C35H42N2O9S. The van der Waals surface area contributed by atoms with E-state index < -0.39 is 55.6 Å². The number of ether oxygens (including phenoxy) is 3. The molecule has 1 saturated heterocycles. The maximum absolute atomic E-state index is 14.9. The molecule has 4 rings (SSSR count). The molecule has 0 N–H and O–H groups in total. The summed E-state index contributed by atoms with van der Waals surface area (Å²) in [6.45, 7) is 14.3. The maximum Gasteiger partial charge on any atom is 0.342 e. The van der Waals surface area contributed by atoms with Gasteiger partial charge in [-0.2, -0.15) is 0 Å². The molecule has 3 aromatic rings. The van der Waals surface area contributed by atoms with E-state index in [1.165, 1.54) is 36.4 Å². The first-order chi connectivity index (χ1) is 21.8. The van der Waals surface area contributed by atoms with Crippen molar-refractivity contribution in [3.8, 4) is 0 Å². The zero-order chi connectivity index (χ0) is 34.9. The lowest BCUT2D eigenvalue weighted by atomic mass is 9.87. The number of nitrogens with zero attached hydrogens (tertiary/aromatic N) is 2. The third-order valence-corrected chi connectivity index (χ3v) is 9.31. The third kappa shape index (κ3) is 7.55. The SMILES string of the molecule is Cc1ccc([C@H]2OC(c3ccc([N+](=O)[O-])cc3)N(S(=O)(=O)c3ccc(C)cc3)C2(C(=O)OCC(C)(C)C)C(=O)OCC(C)(C)C)cc1. The van der Waals surface area contributed by atoms with Gasteiger partial charge >= 0.3 is 11.9 Å². The van der Waals surface area contributed by atoms with Gasteiger partial charge in [-0.1, -0.05) is 89.1 Å². The van der Waals surface area contributed by atoms with E-state index in [2.05, 4.69) is 0 Å². The average molecular weight is 667 g/mol. The monoisotopic (exact) mass is 666 g/mol. The van der Waals surface area contributed by atoms with Gasteiger partial charge < -0.3 is 14.2 Å². The van der Waals surface area contributed by atoms with Gasteiger partial charge in [-0.25, -0.2) is 18.0 Å². The Morgan fingerprint density at radius 1 is 0.787 bits per heavy atom. The van der Waals surface area contributed by atoms with Crippen LogP contribution in [0.3, 0.4) is 0 Å². The molecule has 1 heterocycles. The summed E-state index contributed by atoms with van der Waals surface area (Å²) in [6, 6.07) is 17.8. The number of carbonyl (C=O) groups excluding carboxylic acids is 2. The van der Waals surface area contributed by atoms with E-state index in [1.807, 2.05) is 48.5 Å². The molecule has 0 bridgehead atoms. The minimum absolute atomic E-state index is 0.150. The highest BCUT2D eigenvalue weighted by atomic mass is 32.2. The Kier molecular flexibility index (Phi) is 10.0. The van der Waals surface area contributed by atoms with Crippen LogP contribution >= 0.6 is 0 Å². The standard InChI is InChI=1S/C35H42N2O9S/c1-23-9-13-25(14-10-23)29-35(31(38)44-21-33(3,4)5,32(39)45-22-34(6,7)8)36(47(42,43)28-19-11-24(2)12-20-28)30(46-29)26-15-17-27(18-16-26)37(40)41/h9-20,29-30H,21-22H2,1-8H3/t29-,30?/m1/s1. The fraction of sp³-hybridized carbons (Fsp3) is 0.429. The topological polar surface area (TPSA) is 142 Å². The van der Waals surface area contributed by atoms with Crippen molar-refractivity contribution in [2.24, 2.45) is 10.8 Å². The fourth-order valence-electron chi connectivity index (χ4n) is 5.02. The van der Waals surface area contributed by atoms with E-state index in [1.54, 1.807) is 43.3 Å². The van der Waals surface area contributed by atoms with E-state index in [-0.39, 0.29) is 29.4 Å². The molecule has 1 unspecified atom stereocenters. The molecule has 0 saturated carbocycles. The lowest BCUT2D eigenvalue weighted by molar-refractivity contribution is -0.384. The summed E-state index contributed by atoms with van der Waals surface area (Å²) < 4.78 is 48.7. The van der Waals surface area contributed by atoms with Gasteiger partial charge in [-0.3, -0.25) is 10.1 Å². The van der Waals surface area contributed by atoms with E-state index >= 15 is 0 Å². The van der Waals surface area contributed by atoms with E-state index in [0.717, 1.165) is 15.4 Å². The van der Waals surface area contributed by atoms with Gasteiger partial charge in [-0.05, 0) is 60.1 Å². The van der Waals surface area contributed by atoms with Crippen molar-refractivity contribution in [3.63, 3.8) is 0 Å². The minimum atomic E-state index is -4.76. The molecule has 2 atom stereocenters. The number of non-ortho nitro benzene ring substituents is 1. The zero-order valence-corrected chi connectivity index (χ0v) is 28.8. The van der Waals surface area contributed by atoms with E-state index in [9.17, 15) is 28.1 Å². The van der Waals surface area contributed by atoms with Crippen LogP contribution in [0.25, 0.3) is 0 Å². The van der Waals surface area contributed by atoms with Crippen molar-refractivity contribution in [1.29, 1.82) is 0 Å². The summed E-state index contributed by atoms with van der Waals surface area (Å²) in [7, 11) is -4.76. The first-order valence-corrected chi connectivity index (χ1v) is 16.6. The van der Waals surface area contributed by atoms with Crippen molar-refractivity contribution in [2.45, 2.75) is 78.2 Å². The Hall–Kier alpha value is -4.13. The first kappa shape index (κ1) is 35.7. The molecule has 11 nitrogen and oxygen atoms in total. The second-order valence-corrected chi connectivity index (χ2v) is 16.1. The minimum Gasteiger partial charge on any atom is -0.463 e. The third-order valence-electron chi connectivity index (χ3n) is 7.45. The van der Waals surface area contributed by atoms with Crippen LogP contribution in [-0.2, 0) is 33.8 Å². The van der Waals surface area contributed by atoms with Crippen molar-refractivity contribution < 1.29 is 37.1 Å². The Morgan fingerprint density at radius 3 is 1.64 bits per heavy atom. The van der Waals surface area contributed by atoms with Gasteiger partial charge in [0, 0.05) is 12.1 Å². The van der Waals surface area contributed by atoms with Gasteiger partial charge in [0.05, 0.1) is 23.0 Å². The molecule has 1 aliphatic heterocycles. The molecule has 47 heavy (non-hydrogen) atoms. The Morgan fingerprint density at radius 2 is 1.21 bits per heavy atom. The number of carbonyl (C=O) groups is 2. The highest BCUT2D eigenvalue weighted by Gasteiger charge is 2.71. The summed E-state index contributed by atoms with van der Waals surface area (Å²) in [6.07, 6.45) is -3.14. The normalized spacial score (nSPS) is 18.5. The lowest BCUT2D eigenvalue weighted by Crippen LogP contribution is -2.63. The number of hydrogen-bond acceptors (Lipinski definition) is 9. The molecule has 0 radical (unpaired) electrons. The van der Waals surface area contributed by atoms with Crippen molar-refractivity contribution in [2.75, 3.05) is 13.2 Å². The molecule has 0 aliphatic carbocycles. The van der Waals surface area contributed by atoms with Crippen LogP contribution in [0.4, 0.5) is 5.69 Å². The van der Waals surface area contributed by atoms with Crippen LogP contribution in [0.1, 0.15) is 76.1 Å². The number of nitro groups is 1. The van der Waals surface area contributed by atoms with Crippen LogP contribution in [0.5, 0.6) is 0 Å². The molecule has 3 aromatic carbocycles. The Bertz CT molecular complexity index is 1690. The van der Waals surface area contributed by atoms with Crippen LogP contribution in [0.2, 0.25) is 0 Å². The summed E-state index contributed by atoms with van der Waals surface area (Å²) in [5.74, 6) is -2.34. The molecule has 12 heteroatoms. The molecule has 0 amide bonds. The molecular weight excluding hydrogens is 624 g/mol. The highest BCUT2D eigenvalue weighted by molar-refractivity contribution is 7.89. The zero-order valence-electron chi connectivity index (χ0n) is 28.0. The number of sulfonamides is 1. The van der Waals surface area contributed by atoms with E-state index in [0.29, 0.717) is 5.56 Å². The van der Waals surface area contributed by atoms with Crippen molar-refractivity contribution in [1.82, 2.24) is 4.31 Å². The van der Waals surface area contributed by atoms with Gasteiger partial charge in [0.15, 0.2) is 6.23 Å². The van der Waals surface area contributed by atoms with Crippen molar-refractivity contribution in [3.05, 3.63) is 105 Å². The number of nitro benzene ring substituents is 1. The number of rotatable bonds is 9. The number of hydrogen-bond donors (Lipinski definition) is 0. The summed E-state index contributed by atoms with van der Waals surface area (Å²) in [5, 5.41) is 11.5. The number of benzene rings is 3. The largest absolute Gasteiger partial charge is 0.463 e. The molecule has 1 aliphatic rings. The van der Waals surface area contributed by atoms with Crippen LogP contribution in [-0.4, -0.2) is 48.3 Å². The molecule has 1 fully saturated rings.